The SMILES string of the molecule is CC(C)OCCCCNS(=O)(=O)c1ccc(CCCl)cc1. The highest BCUT2D eigenvalue weighted by Crippen LogP contribution is 2.11. The number of halogens is 1. The maximum Gasteiger partial charge on any atom is 0.240 e. The van der Waals surface area contributed by atoms with E-state index in [0.717, 1.165) is 24.8 Å². The van der Waals surface area contributed by atoms with Gasteiger partial charge >= 0.3 is 0 Å². The molecule has 4 nitrogen and oxygen atoms in total. The molecule has 0 unspecified atom stereocenters. The molecule has 0 saturated heterocycles. The van der Waals surface area contributed by atoms with Gasteiger partial charge in [0.25, 0.3) is 0 Å². The van der Waals surface area contributed by atoms with Crippen LogP contribution in [-0.4, -0.2) is 33.6 Å². The van der Waals surface area contributed by atoms with Gasteiger partial charge < -0.3 is 4.74 Å². The topological polar surface area (TPSA) is 55.4 Å². The molecule has 0 amide bonds. The highest BCUT2D eigenvalue weighted by molar-refractivity contribution is 7.89. The number of ether oxygens (including phenoxy) is 1. The first-order chi connectivity index (χ1) is 9.95. The second-order valence-corrected chi connectivity index (χ2v) is 7.25. The molecule has 0 aliphatic carbocycles. The summed E-state index contributed by atoms with van der Waals surface area (Å²) >= 11 is 5.65. The molecule has 0 atom stereocenters. The van der Waals surface area contributed by atoms with Gasteiger partial charge in [0.15, 0.2) is 0 Å². The van der Waals surface area contributed by atoms with Crippen molar-refractivity contribution in [3.63, 3.8) is 0 Å². The lowest BCUT2D eigenvalue weighted by molar-refractivity contribution is 0.0762. The predicted molar refractivity (Wildman–Crippen MR) is 86.4 cm³/mol. The van der Waals surface area contributed by atoms with E-state index in [-0.39, 0.29) is 6.10 Å². The lowest BCUT2D eigenvalue weighted by Crippen LogP contribution is -2.25. The minimum Gasteiger partial charge on any atom is -0.379 e. The van der Waals surface area contributed by atoms with Gasteiger partial charge in [-0.1, -0.05) is 12.1 Å². The van der Waals surface area contributed by atoms with E-state index in [4.69, 9.17) is 16.3 Å². The average Bonchev–Trinajstić information content (AvgIpc) is 2.43. The summed E-state index contributed by atoms with van der Waals surface area (Å²) in [7, 11) is -3.42. The molecule has 6 heteroatoms. The molecule has 0 fully saturated rings. The van der Waals surface area contributed by atoms with Crippen molar-refractivity contribution in [3.8, 4) is 0 Å². The fraction of sp³-hybridized carbons (Fsp3) is 0.600. The van der Waals surface area contributed by atoms with Crippen LogP contribution in [0.15, 0.2) is 29.2 Å². The van der Waals surface area contributed by atoms with Crippen molar-refractivity contribution in [3.05, 3.63) is 29.8 Å². The molecule has 0 saturated carbocycles. The Bertz CT molecular complexity index is 500. The molecule has 0 radical (unpaired) electrons. The number of benzene rings is 1. The predicted octanol–water partition coefficient (Wildman–Crippen LogP) is 2.95. The van der Waals surface area contributed by atoms with Crippen LogP contribution in [0.4, 0.5) is 0 Å². The maximum absolute atomic E-state index is 12.1. The molecule has 120 valence electrons. The third-order valence-corrected chi connectivity index (χ3v) is 4.60. The van der Waals surface area contributed by atoms with E-state index < -0.39 is 10.0 Å². The van der Waals surface area contributed by atoms with Crippen molar-refractivity contribution in [2.45, 2.75) is 44.1 Å². The molecule has 21 heavy (non-hydrogen) atoms. The van der Waals surface area contributed by atoms with Gasteiger partial charge in [-0.15, -0.1) is 11.6 Å². The van der Waals surface area contributed by atoms with E-state index in [2.05, 4.69) is 4.72 Å². The lowest BCUT2D eigenvalue weighted by atomic mass is 10.2. The summed E-state index contributed by atoms with van der Waals surface area (Å²) < 4.78 is 32.2. The van der Waals surface area contributed by atoms with E-state index in [0.29, 0.717) is 23.9 Å². The van der Waals surface area contributed by atoms with Gasteiger partial charge in [-0.3, -0.25) is 0 Å². The Kier molecular flexibility index (Phi) is 8.26. The van der Waals surface area contributed by atoms with Gasteiger partial charge in [-0.05, 0) is 50.8 Å². The maximum atomic E-state index is 12.1. The van der Waals surface area contributed by atoms with Crippen LogP contribution in [0.1, 0.15) is 32.3 Å². The number of alkyl halides is 1. The van der Waals surface area contributed by atoms with Crippen molar-refractivity contribution in [1.29, 1.82) is 0 Å². The summed E-state index contributed by atoms with van der Waals surface area (Å²) in [6.45, 7) is 5.05. The Morgan fingerprint density at radius 3 is 2.43 bits per heavy atom. The molecule has 0 spiro atoms. The van der Waals surface area contributed by atoms with Gasteiger partial charge in [-0.25, -0.2) is 13.1 Å². The summed E-state index contributed by atoms with van der Waals surface area (Å²) in [5, 5.41) is 0. The van der Waals surface area contributed by atoms with Gasteiger partial charge in [0.05, 0.1) is 11.0 Å². The largest absolute Gasteiger partial charge is 0.379 e. The van der Waals surface area contributed by atoms with E-state index in [1.165, 1.54) is 0 Å². The van der Waals surface area contributed by atoms with Gasteiger partial charge in [0.1, 0.15) is 0 Å². The molecule has 0 bridgehead atoms. The first-order valence-electron chi connectivity index (χ1n) is 7.22. The third kappa shape index (κ3) is 7.27. The van der Waals surface area contributed by atoms with Crippen molar-refractivity contribution >= 4 is 21.6 Å². The van der Waals surface area contributed by atoms with Crippen molar-refractivity contribution in [1.82, 2.24) is 4.72 Å². The fourth-order valence-corrected chi connectivity index (χ4v) is 3.07. The molecule has 0 aliphatic rings. The van der Waals surface area contributed by atoms with E-state index in [9.17, 15) is 8.42 Å². The quantitative estimate of drug-likeness (QED) is 0.529. The number of rotatable bonds is 10. The molecule has 1 aromatic carbocycles. The van der Waals surface area contributed by atoms with Crippen molar-refractivity contribution in [2.75, 3.05) is 19.0 Å². The Morgan fingerprint density at radius 1 is 1.19 bits per heavy atom. The second kappa shape index (κ2) is 9.41. The van der Waals surface area contributed by atoms with Crippen LogP contribution in [0.25, 0.3) is 0 Å². The molecule has 1 aromatic rings. The third-order valence-electron chi connectivity index (χ3n) is 2.93. The summed E-state index contributed by atoms with van der Waals surface area (Å²) in [6.07, 6.45) is 2.56. The Labute approximate surface area is 132 Å². The lowest BCUT2D eigenvalue weighted by Gasteiger charge is -2.09. The van der Waals surface area contributed by atoms with Crippen molar-refractivity contribution in [2.24, 2.45) is 0 Å². The Hall–Kier alpha value is -0.620. The minimum atomic E-state index is -3.42. The highest BCUT2D eigenvalue weighted by Gasteiger charge is 2.12. The average molecular weight is 334 g/mol. The van der Waals surface area contributed by atoms with Gasteiger partial charge in [-0.2, -0.15) is 0 Å². The van der Waals surface area contributed by atoms with Crippen LogP contribution in [0.2, 0.25) is 0 Å². The molecular weight excluding hydrogens is 310 g/mol. The number of sulfonamides is 1. The van der Waals surface area contributed by atoms with E-state index >= 15 is 0 Å². The van der Waals surface area contributed by atoms with Crippen molar-refractivity contribution < 1.29 is 13.2 Å². The molecule has 0 aliphatic heterocycles. The zero-order valence-electron chi connectivity index (χ0n) is 12.6. The Balaban J connectivity index is 2.39. The van der Waals surface area contributed by atoms with Crippen LogP contribution >= 0.6 is 11.6 Å². The molecule has 0 aromatic heterocycles. The molecule has 1 N–H and O–H groups in total. The van der Waals surface area contributed by atoms with E-state index in [1.54, 1.807) is 24.3 Å². The van der Waals surface area contributed by atoms with Gasteiger partial charge in [0, 0.05) is 19.0 Å². The second-order valence-electron chi connectivity index (χ2n) is 5.11. The molecule has 1 rings (SSSR count). The highest BCUT2D eigenvalue weighted by atomic mass is 35.5. The zero-order valence-corrected chi connectivity index (χ0v) is 14.2. The van der Waals surface area contributed by atoms with Crippen LogP contribution in [0, 0.1) is 0 Å². The van der Waals surface area contributed by atoms with Crippen LogP contribution in [0.3, 0.4) is 0 Å². The van der Waals surface area contributed by atoms with Gasteiger partial charge in [0.2, 0.25) is 10.0 Å². The normalized spacial score (nSPS) is 12.0. The van der Waals surface area contributed by atoms with Crippen LogP contribution in [0.5, 0.6) is 0 Å². The fourth-order valence-electron chi connectivity index (χ4n) is 1.78. The first-order valence-corrected chi connectivity index (χ1v) is 9.23. The van der Waals surface area contributed by atoms with Crippen LogP contribution in [-0.2, 0) is 21.2 Å². The van der Waals surface area contributed by atoms with Crippen LogP contribution < -0.4 is 4.72 Å². The number of unbranched alkanes of at least 4 members (excludes halogenated alkanes) is 1. The number of nitrogens with one attached hydrogen (secondary N) is 1. The molecular formula is C15H24ClNO3S. The summed E-state index contributed by atoms with van der Waals surface area (Å²) in [5.41, 5.74) is 1.04. The standard InChI is InChI=1S/C15H24ClNO3S/c1-13(2)20-12-4-3-11-17-21(18,19)15-7-5-14(6-8-15)9-10-16/h5-8,13,17H,3-4,9-12H2,1-2H3. The summed E-state index contributed by atoms with van der Waals surface area (Å²) in [6, 6.07) is 6.83. The smallest absolute Gasteiger partial charge is 0.240 e. The molecule has 0 heterocycles. The first kappa shape index (κ1) is 18.4. The zero-order chi connectivity index (χ0) is 15.7. The summed E-state index contributed by atoms with van der Waals surface area (Å²) in [5.74, 6) is 0.531. The number of hydrogen-bond acceptors (Lipinski definition) is 3. The van der Waals surface area contributed by atoms with E-state index in [1.807, 2.05) is 13.8 Å². The monoisotopic (exact) mass is 333 g/mol. The minimum absolute atomic E-state index is 0.216. The summed E-state index contributed by atoms with van der Waals surface area (Å²) in [4.78, 5) is 0.291. The number of hydrogen-bond donors (Lipinski definition) is 1. The number of aryl methyl sites for hydroxylation is 1. The Morgan fingerprint density at radius 2 is 1.86 bits per heavy atom.